The maximum absolute atomic E-state index is 14.1. The first-order valence-corrected chi connectivity index (χ1v) is 15.7. The molecule has 2 fully saturated rings. The van der Waals surface area contributed by atoms with Gasteiger partial charge >= 0.3 is 19.4 Å². The predicted octanol–water partition coefficient (Wildman–Crippen LogP) is 4.19. The van der Waals surface area contributed by atoms with Crippen LogP contribution in [0.1, 0.15) is 70.6 Å². The second-order valence-corrected chi connectivity index (χ2v) is 12.6. The van der Waals surface area contributed by atoms with Crippen LogP contribution in [0.2, 0.25) is 0 Å². The Morgan fingerprint density at radius 2 is 1.88 bits per heavy atom. The van der Waals surface area contributed by atoms with Crippen LogP contribution in [0, 0.1) is 12.8 Å². The number of aromatic amines is 1. The van der Waals surface area contributed by atoms with Crippen molar-refractivity contribution in [2.24, 2.45) is 5.92 Å². The lowest BCUT2D eigenvalue weighted by Crippen LogP contribution is -2.40. The average molecular weight is 594 g/mol. The molecule has 2 heterocycles. The lowest BCUT2D eigenvalue weighted by Gasteiger charge is -2.28. The Balaban J connectivity index is 1.47. The first-order valence-electron chi connectivity index (χ1n) is 14.2. The van der Waals surface area contributed by atoms with Gasteiger partial charge in [-0.3, -0.25) is 23.7 Å². The second-order valence-electron chi connectivity index (χ2n) is 10.9. The highest BCUT2D eigenvalue weighted by molar-refractivity contribution is 7.52. The number of hydrogen-bond donors (Lipinski definition) is 2. The van der Waals surface area contributed by atoms with Gasteiger partial charge < -0.3 is 18.7 Å². The van der Waals surface area contributed by atoms with Gasteiger partial charge in [0.15, 0.2) is 12.5 Å². The number of hydrogen-bond acceptors (Lipinski definition) is 9. The number of para-hydroxylation sites is 1. The quantitative estimate of drug-likeness (QED) is 0.256. The molecule has 2 N–H and O–H groups in total. The standard InChI is InChI=1S/C28H40N3O9P/c1-19(2)14-15-23(27(33)38-21-10-6-4-7-11-21)30-41(35,40-22-12-8-5-9-13-22)37-18-25-36-17-24(39-25)31-16-20(3)26(32)29-28(31)34/h5,8-9,12-13,16,19,21,23-25H,4,6-7,10-11,14-15,17-18H2,1-3H3,(H,30,35)(H,29,32,34)/t23-,24+,25+,41?/m0/s1. The third-order valence-corrected chi connectivity index (χ3v) is 8.57. The zero-order chi connectivity index (χ0) is 29.4. The van der Waals surface area contributed by atoms with Gasteiger partial charge in [0.1, 0.15) is 24.5 Å². The summed E-state index contributed by atoms with van der Waals surface area (Å²) in [5, 5.41) is 2.84. The van der Waals surface area contributed by atoms with Gasteiger partial charge in [0, 0.05) is 11.8 Å². The van der Waals surface area contributed by atoms with Crippen LogP contribution < -0.4 is 20.9 Å². The third kappa shape index (κ3) is 9.11. The summed E-state index contributed by atoms with van der Waals surface area (Å²) >= 11 is 0. The fourth-order valence-electron chi connectivity index (χ4n) is 4.70. The molecule has 1 aliphatic heterocycles. The maximum Gasteiger partial charge on any atom is 0.459 e. The molecule has 1 aromatic heterocycles. The van der Waals surface area contributed by atoms with Crippen LogP contribution in [-0.4, -0.2) is 47.2 Å². The molecular formula is C28H40N3O9P. The number of carbonyl (C=O) groups excluding carboxylic acids is 1. The Kier molecular flexibility index (Phi) is 11.0. The van der Waals surface area contributed by atoms with E-state index in [0.717, 1.165) is 32.1 Å². The molecule has 1 aliphatic carbocycles. The summed E-state index contributed by atoms with van der Waals surface area (Å²) in [7, 11) is -4.16. The molecule has 2 aliphatic rings. The van der Waals surface area contributed by atoms with Gasteiger partial charge in [0.25, 0.3) is 5.56 Å². The number of nitrogens with zero attached hydrogens (tertiary/aromatic N) is 1. The number of aryl methyl sites for hydroxylation is 1. The fourth-order valence-corrected chi connectivity index (χ4v) is 6.21. The fraction of sp³-hybridized carbons (Fsp3) is 0.607. The molecule has 0 spiro atoms. The molecule has 41 heavy (non-hydrogen) atoms. The third-order valence-electron chi connectivity index (χ3n) is 7.01. The summed E-state index contributed by atoms with van der Waals surface area (Å²) in [6, 6.07) is 7.58. The Labute approximate surface area is 239 Å². The average Bonchev–Trinajstić information content (AvgIpc) is 3.42. The van der Waals surface area contributed by atoms with E-state index in [2.05, 4.69) is 10.1 Å². The van der Waals surface area contributed by atoms with E-state index < -0.39 is 43.5 Å². The number of ether oxygens (including phenoxy) is 3. The number of carbonyl (C=O) groups is 1. The summed E-state index contributed by atoms with van der Waals surface area (Å²) in [4.78, 5) is 39.5. The summed E-state index contributed by atoms with van der Waals surface area (Å²) in [5.74, 6) is 0.0987. The van der Waals surface area contributed by atoms with E-state index in [9.17, 15) is 18.9 Å². The van der Waals surface area contributed by atoms with Crippen molar-refractivity contribution in [1.29, 1.82) is 0 Å². The van der Waals surface area contributed by atoms with Gasteiger partial charge in [0.2, 0.25) is 0 Å². The predicted molar refractivity (Wildman–Crippen MR) is 151 cm³/mol. The molecule has 13 heteroatoms. The van der Waals surface area contributed by atoms with Crippen molar-refractivity contribution in [1.82, 2.24) is 14.6 Å². The van der Waals surface area contributed by atoms with Crippen molar-refractivity contribution < 1.29 is 32.6 Å². The minimum Gasteiger partial charge on any atom is -0.461 e. The highest BCUT2D eigenvalue weighted by atomic mass is 31.2. The number of aromatic nitrogens is 2. The normalized spacial score (nSPS) is 21.9. The van der Waals surface area contributed by atoms with Gasteiger partial charge in [-0.2, -0.15) is 5.09 Å². The molecule has 2 aromatic rings. The van der Waals surface area contributed by atoms with Crippen molar-refractivity contribution in [2.45, 2.75) is 90.4 Å². The monoisotopic (exact) mass is 593 g/mol. The highest BCUT2D eigenvalue weighted by Gasteiger charge is 2.38. The molecule has 4 atom stereocenters. The summed E-state index contributed by atoms with van der Waals surface area (Å²) in [6.07, 6.45) is 5.25. The highest BCUT2D eigenvalue weighted by Crippen LogP contribution is 2.46. The van der Waals surface area contributed by atoms with Crippen LogP contribution in [-0.2, 0) is 28.1 Å². The molecule has 226 valence electrons. The van der Waals surface area contributed by atoms with Gasteiger partial charge in [-0.25, -0.2) is 9.36 Å². The summed E-state index contributed by atoms with van der Waals surface area (Å²) < 4.78 is 44.1. The Morgan fingerprint density at radius 3 is 2.59 bits per heavy atom. The lowest BCUT2D eigenvalue weighted by atomic mass is 9.97. The van der Waals surface area contributed by atoms with Crippen LogP contribution in [0.4, 0.5) is 0 Å². The second kappa shape index (κ2) is 14.4. The van der Waals surface area contributed by atoms with Crippen molar-refractivity contribution in [3.8, 4) is 5.75 Å². The van der Waals surface area contributed by atoms with Crippen LogP contribution in [0.3, 0.4) is 0 Å². The number of benzene rings is 1. The number of rotatable bonds is 13. The molecular weight excluding hydrogens is 553 g/mol. The Bertz CT molecular complexity index is 1310. The number of H-pyrrole nitrogens is 1. The zero-order valence-corrected chi connectivity index (χ0v) is 24.7. The van der Waals surface area contributed by atoms with Crippen LogP contribution in [0.5, 0.6) is 5.75 Å². The van der Waals surface area contributed by atoms with E-state index >= 15 is 0 Å². The number of nitrogens with one attached hydrogen (secondary N) is 2. The minimum atomic E-state index is -4.16. The zero-order valence-electron chi connectivity index (χ0n) is 23.8. The minimum absolute atomic E-state index is 0.00141. The van der Waals surface area contributed by atoms with Crippen LogP contribution in [0.25, 0.3) is 0 Å². The molecule has 1 saturated heterocycles. The molecule has 1 saturated carbocycles. The van der Waals surface area contributed by atoms with Gasteiger partial charge in [0.05, 0.1) is 6.61 Å². The SMILES string of the molecule is Cc1cn([C@H]2CO[C@@H](COP(=O)(N[C@@H](CCC(C)C)C(=O)OC3CCCCC3)Oc3ccccc3)O2)c(=O)[nH]c1=O. The largest absolute Gasteiger partial charge is 0.461 e. The molecule has 1 unspecified atom stereocenters. The first kappa shape index (κ1) is 31.2. The molecule has 4 rings (SSSR count). The van der Waals surface area contributed by atoms with E-state index in [1.807, 2.05) is 13.8 Å². The number of esters is 1. The molecule has 12 nitrogen and oxygen atoms in total. The van der Waals surface area contributed by atoms with E-state index in [-0.39, 0.29) is 25.1 Å². The lowest BCUT2D eigenvalue weighted by molar-refractivity contribution is -0.153. The van der Waals surface area contributed by atoms with Crippen molar-refractivity contribution in [3.05, 3.63) is 62.9 Å². The van der Waals surface area contributed by atoms with E-state index in [4.69, 9.17) is 23.3 Å². The Hall–Kier alpha value is -2.76. The smallest absolute Gasteiger partial charge is 0.459 e. The summed E-state index contributed by atoms with van der Waals surface area (Å²) in [6.45, 7) is 5.34. The maximum atomic E-state index is 14.1. The van der Waals surface area contributed by atoms with Gasteiger partial charge in [-0.15, -0.1) is 0 Å². The summed E-state index contributed by atoms with van der Waals surface area (Å²) in [5.41, 5.74) is -0.783. The molecule has 1 aromatic carbocycles. The molecule has 0 radical (unpaired) electrons. The van der Waals surface area contributed by atoms with E-state index in [0.29, 0.717) is 24.3 Å². The van der Waals surface area contributed by atoms with Gasteiger partial charge in [-0.1, -0.05) is 38.5 Å². The topological polar surface area (TPSA) is 147 Å². The molecule has 0 amide bonds. The van der Waals surface area contributed by atoms with Crippen LogP contribution in [0.15, 0.2) is 46.1 Å². The van der Waals surface area contributed by atoms with E-state index in [1.54, 1.807) is 37.3 Å². The first-order chi connectivity index (χ1) is 19.6. The van der Waals surface area contributed by atoms with Crippen LogP contribution >= 0.6 is 7.75 Å². The van der Waals surface area contributed by atoms with Gasteiger partial charge in [-0.05, 0) is 63.5 Å². The Morgan fingerprint density at radius 1 is 1.15 bits per heavy atom. The molecule has 0 bridgehead atoms. The van der Waals surface area contributed by atoms with Crippen molar-refractivity contribution >= 4 is 13.7 Å². The van der Waals surface area contributed by atoms with E-state index in [1.165, 1.54) is 10.8 Å². The van der Waals surface area contributed by atoms with Crippen molar-refractivity contribution in [2.75, 3.05) is 13.2 Å². The van der Waals surface area contributed by atoms with Crippen molar-refractivity contribution in [3.63, 3.8) is 0 Å².